The third-order valence-corrected chi connectivity index (χ3v) is 2.27. The molecule has 15 heavy (non-hydrogen) atoms. The molecule has 0 bridgehead atoms. The first-order valence-corrected chi connectivity index (χ1v) is 4.82. The molecule has 0 heterocycles. The molecule has 0 aromatic heterocycles. The summed E-state index contributed by atoms with van der Waals surface area (Å²) in [5, 5.41) is 9.62. The molecule has 0 atom stereocenters. The third-order valence-electron chi connectivity index (χ3n) is 2.27. The van der Waals surface area contributed by atoms with Crippen molar-refractivity contribution in [2.75, 3.05) is 0 Å². The van der Waals surface area contributed by atoms with Crippen LogP contribution in [0.5, 0.6) is 0 Å². The van der Waals surface area contributed by atoms with E-state index in [1.807, 2.05) is 0 Å². The number of benzene rings is 1. The summed E-state index contributed by atoms with van der Waals surface area (Å²) in [5.41, 5.74) is 3.11. The van der Waals surface area contributed by atoms with Crippen LogP contribution in [0.4, 0.5) is 4.39 Å². The van der Waals surface area contributed by atoms with Gasteiger partial charge < -0.3 is 5.11 Å². The van der Waals surface area contributed by atoms with Crippen LogP contribution in [-0.4, -0.2) is 10.7 Å². The van der Waals surface area contributed by atoms with Crippen molar-refractivity contribution < 1.29 is 9.50 Å². The Balaban J connectivity index is 3.06. The lowest BCUT2D eigenvalue weighted by molar-refractivity contribution is 0.120. The predicted molar refractivity (Wildman–Crippen MR) is 59.9 cm³/mol. The monoisotopic (exact) mass is 206 g/mol. The van der Waals surface area contributed by atoms with Gasteiger partial charge in [-0.15, -0.1) is 5.73 Å². The summed E-state index contributed by atoms with van der Waals surface area (Å²) in [7, 11) is 0. The number of halogens is 1. The number of aliphatic hydroxyl groups is 1. The van der Waals surface area contributed by atoms with Gasteiger partial charge in [-0.3, -0.25) is 0 Å². The van der Waals surface area contributed by atoms with Crippen molar-refractivity contribution in [1.82, 2.24) is 0 Å². The van der Waals surface area contributed by atoms with Gasteiger partial charge in [-0.1, -0.05) is 18.2 Å². The maximum Gasteiger partial charge on any atom is 0.131 e. The van der Waals surface area contributed by atoms with E-state index < -0.39 is 5.60 Å². The quantitative estimate of drug-likeness (QED) is 0.737. The van der Waals surface area contributed by atoms with E-state index in [9.17, 15) is 9.50 Å². The van der Waals surface area contributed by atoms with Crippen molar-refractivity contribution in [2.24, 2.45) is 0 Å². The molecular weight excluding hydrogens is 191 g/mol. The SMILES string of the molecule is CC(=C=Cc1ccccc1F)C(C)(C)O. The maximum absolute atomic E-state index is 13.2. The summed E-state index contributed by atoms with van der Waals surface area (Å²) in [6.45, 7) is 5.10. The van der Waals surface area contributed by atoms with Crippen LogP contribution in [-0.2, 0) is 0 Å². The molecule has 0 spiro atoms. The van der Waals surface area contributed by atoms with Gasteiger partial charge in [0.2, 0.25) is 0 Å². The van der Waals surface area contributed by atoms with Crippen LogP contribution in [0.25, 0.3) is 6.08 Å². The molecule has 0 aliphatic rings. The molecule has 0 unspecified atom stereocenters. The van der Waals surface area contributed by atoms with Crippen LogP contribution >= 0.6 is 0 Å². The van der Waals surface area contributed by atoms with Crippen molar-refractivity contribution in [3.05, 3.63) is 47.0 Å². The summed E-state index contributed by atoms with van der Waals surface area (Å²) in [5.74, 6) is -0.284. The van der Waals surface area contributed by atoms with E-state index in [4.69, 9.17) is 0 Å². The van der Waals surface area contributed by atoms with Gasteiger partial charge in [0.15, 0.2) is 0 Å². The van der Waals surface area contributed by atoms with Gasteiger partial charge in [-0.05, 0) is 38.5 Å². The lowest BCUT2D eigenvalue weighted by atomic mass is 10.0. The Bertz CT molecular complexity index is 407. The van der Waals surface area contributed by atoms with E-state index in [1.165, 1.54) is 6.07 Å². The number of hydrogen-bond acceptors (Lipinski definition) is 1. The minimum absolute atomic E-state index is 0.284. The van der Waals surface area contributed by atoms with Crippen LogP contribution in [0.3, 0.4) is 0 Å². The lowest BCUT2D eigenvalue weighted by Gasteiger charge is -2.15. The maximum atomic E-state index is 13.2. The molecule has 1 rings (SSSR count). The lowest BCUT2D eigenvalue weighted by Crippen LogP contribution is -2.19. The van der Waals surface area contributed by atoms with Crippen LogP contribution in [0.1, 0.15) is 26.3 Å². The minimum Gasteiger partial charge on any atom is -0.385 e. The Morgan fingerprint density at radius 1 is 1.40 bits per heavy atom. The van der Waals surface area contributed by atoms with Crippen LogP contribution in [0.15, 0.2) is 35.6 Å². The Labute approximate surface area is 89.6 Å². The van der Waals surface area contributed by atoms with Gasteiger partial charge in [0.25, 0.3) is 0 Å². The molecule has 1 nitrogen and oxygen atoms in total. The van der Waals surface area contributed by atoms with Gasteiger partial charge in [0.05, 0.1) is 5.60 Å². The smallest absolute Gasteiger partial charge is 0.131 e. The number of hydrogen-bond donors (Lipinski definition) is 1. The third kappa shape index (κ3) is 3.35. The van der Waals surface area contributed by atoms with Crippen LogP contribution < -0.4 is 0 Å². The summed E-state index contributed by atoms with van der Waals surface area (Å²) in [6.07, 6.45) is 1.54. The first kappa shape index (κ1) is 11.7. The van der Waals surface area contributed by atoms with Gasteiger partial charge in [0.1, 0.15) is 5.82 Å². The van der Waals surface area contributed by atoms with Crippen LogP contribution in [0.2, 0.25) is 0 Å². The molecule has 0 saturated heterocycles. The topological polar surface area (TPSA) is 20.2 Å². The first-order valence-electron chi connectivity index (χ1n) is 4.82. The molecule has 1 aromatic rings. The van der Waals surface area contributed by atoms with E-state index in [1.54, 1.807) is 45.0 Å². The second-order valence-corrected chi connectivity index (χ2v) is 3.99. The Kier molecular flexibility index (Phi) is 3.46. The Hall–Kier alpha value is -1.37. The molecule has 80 valence electrons. The fraction of sp³-hybridized carbons (Fsp3) is 0.308. The van der Waals surface area contributed by atoms with E-state index in [-0.39, 0.29) is 5.82 Å². The van der Waals surface area contributed by atoms with Gasteiger partial charge in [-0.2, -0.15) is 0 Å². The van der Waals surface area contributed by atoms with Crippen molar-refractivity contribution in [1.29, 1.82) is 0 Å². The largest absolute Gasteiger partial charge is 0.385 e. The molecule has 2 heteroatoms. The van der Waals surface area contributed by atoms with Crippen molar-refractivity contribution >= 4 is 6.08 Å². The highest BCUT2D eigenvalue weighted by molar-refractivity contribution is 5.50. The van der Waals surface area contributed by atoms with Crippen molar-refractivity contribution in [3.8, 4) is 0 Å². The van der Waals surface area contributed by atoms with Crippen molar-refractivity contribution in [2.45, 2.75) is 26.4 Å². The van der Waals surface area contributed by atoms with Crippen molar-refractivity contribution in [3.63, 3.8) is 0 Å². The second kappa shape index (κ2) is 4.43. The average molecular weight is 206 g/mol. The molecule has 1 aromatic carbocycles. The predicted octanol–water partition coefficient (Wildman–Crippen LogP) is 3.16. The second-order valence-electron chi connectivity index (χ2n) is 3.99. The normalized spacial score (nSPS) is 10.7. The highest BCUT2D eigenvalue weighted by atomic mass is 19.1. The Morgan fingerprint density at radius 3 is 2.53 bits per heavy atom. The standard InChI is InChI=1S/C13H15FO/c1-10(13(2,3)15)8-9-11-6-4-5-7-12(11)14/h4-7,9,15H,1-3H3. The number of rotatable bonds is 2. The molecule has 0 amide bonds. The molecule has 1 N–H and O–H groups in total. The van der Waals surface area contributed by atoms with Gasteiger partial charge >= 0.3 is 0 Å². The molecule has 0 aliphatic carbocycles. The zero-order valence-corrected chi connectivity index (χ0v) is 9.21. The minimum atomic E-state index is -0.915. The van der Waals surface area contributed by atoms with Gasteiger partial charge in [0, 0.05) is 5.56 Å². The zero-order chi connectivity index (χ0) is 11.5. The summed E-state index contributed by atoms with van der Waals surface area (Å²) in [6, 6.07) is 6.46. The molecule has 0 fully saturated rings. The van der Waals surface area contributed by atoms with Gasteiger partial charge in [-0.25, -0.2) is 4.39 Å². The van der Waals surface area contributed by atoms with E-state index in [0.29, 0.717) is 11.1 Å². The first-order chi connectivity index (χ1) is 6.91. The zero-order valence-electron chi connectivity index (χ0n) is 9.21. The fourth-order valence-electron chi connectivity index (χ4n) is 0.955. The molecule has 0 radical (unpaired) electrons. The van der Waals surface area contributed by atoms with E-state index in [2.05, 4.69) is 5.73 Å². The Morgan fingerprint density at radius 2 is 2.00 bits per heavy atom. The summed E-state index contributed by atoms with van der Waals surface area (Å²) in [4.78, 5) is 0. The van der Waals surface area contributed by atoms with E-state index >= 15 is 0 Å². The van der Waals surface area contributed by atoms with E-state index in [0.717, 1.165) is 0 Å². The highest BCUT2D eigenvalue weighted by Gasteiger charge is 2.13. The molecule has 0 aliphatic heterocycles. The fourth-order valence-corrected chi connectivity index (χ4v) is 0.955. The molecule has 0 saturated carbocycles. The summed E-state index contributed by atoms with van der Waals surface area (Å²) < 4.78 is 13.2. The van der Waals surface area contributed by atoms with Crippen LogP contribution in [0, 0.1) is 5.82 Å². The average Bonchev–Trinajstić information content (AvgIpc) is 2.14. The summed E-state index contributed by atoms with van der Waals surface area (Å²) >= 11 is 0. The highest BCUT2D eigenvalue weighted by Crippen LogP contribution is 2.14. The molecular formula is C13H15FO.